The Morgan fingerprint density at radius 1 is 1.25 bits per heavy atom. The maximum Gasteiger partial charge on any atom is 0.104 e. The van der Waals surface area contributed by atoms with Gasteiger partial charge in [0.2, 0.25) is 0 Å². The molecule has 1 atom stereocenters. The summed E-state index contributed by atoms with van der Waals surface area (Å²) in [5.74, 6) is 0. The zero-order chi connectivity index (χ0) is 14.5. The highest BCUT2D eigenvalue weighted by Gasteiger charge is 2.08. The van der Waals surface area contributed by atoms with Crippen LogP contribution in [0.1, 0.15) is 19.4 Å². The third kappa shape index (κ3) is 3.26. The summed E-state index contributed by atoms with van der Waals surface area (Å²) in [6.07, 6.45) is 0.175. The van der Waals surface area contributed by atoms with Crippen molar-refractivity contribution in [3.8, 4) is 0 Å². The molecule has 0 heterocycles. The van der Waals surface area contributed by atoms with Gasteiger partial charge in [-0.25, -0.2) is 0 Å². The second-order valence-electron chi connectivity index (χ2n) is 4.72. The molecule has 0 amide bonds. The quantitative estimate of drug-likeness (QED) is 0.801. The number of anilines is 1. The predicted molar refractivity (Wildman–Crippen MR) is 89.4 cm³/mol. The highest BCUT2D eigenvalue weighted by Crippen LogP contribution is 2.26. The average Bonchev–Trinajstić information content (AvgIpc) is 2.44. The van der Waals surface area contributed by atoms with Crippen molar-refractivity contribution in [1.82, 2.24) is 0 Å². The largest absolute Gasteiger partial charge is 0.389 e. The topological polar surface area (TPSA) is 47.3 Å². The van der Waals surface area contributed by atoms with Crippen LogP contribution >= 0.6 is 12.2 Å². The van der Waals surface area contributed by atoms with E-state index < -0.39 is 0 Å². The molecule has 1 unspecified atom stereocenters. The van der Waals surface area contributed by atoms with Crippen LogP contribution in [0, 0.1) is 0 Å². The predicted octanol–water partition coefficient (Wildman–Crippen LogP) is 3.31. The summed E-state index contributed by atoms with van der Waals surface area (Å²) in [5, 5.41) is 5.63. The molecule has 20 heavy (non-hydrogen) atoms. The number of thiocarbonyl (C=S) groups is 1. The van der Waals surface area contributed by atoms with E-state index in [1.807, 2.05) is 37.3 Å². The van der Waals surface area contributed by atoms with Crippen molar-refractivity contribution in [2.24, 2.45) is 5.73 Å². The molecule has 0 aliphatic heterocycles. The van der Waals surface area contributed by atoms with E-state index >= 15 is 0 Å². The van der Waals surface area contributed by atoms with Gasteiger partial charge >= 0.3 is 0 Å². The van der Waals surface area contributed by atoms with E-state index in [9.17, 15) is 0 Å². The molecule has 0 aliphatic rings. The number of benzene rings is 2. The van der Waals surface area contributed by atoms with Gasteiger partial charge in [-0.2, -0.15) is 0 Å². The smallest absolute Gasteiger partial charge is 0.104 e. The minimum absolute atomic E-state index is 0.175. The van der Waals surface area contributed by atoms with Gasteiger partial charge in [0, 0.05) is 29.8 Å². The molecular weight excluding hydrogens is 268 g/mol. The first kappa shape index (κ1) is 14.8. The summed E-state index contributed by atoms with van der Waals surface area (Å²) in [4.78, 5) is 0.426. The maximum atomic E-state index is 5.78. The molecule has 4 heteroatoms. The number of hydrogen-bond donors (Lipinski definition) is 2. The molecule has 0 aliphatic carbocycles. The lowest BCUT2D eigenvalue weighted by molar-refractivity contribution is 0.0855. The number of ether oxygens (including phenoxy) is 1. The van der Waals surface area contributed by atoms with Crippen molar-refractivity contribution >= 4 is 33.7 Å². The summed E-state index contributed by atoms with van der Waals surface area (Å²) < 4.78 is 5.53. The fourth-order valence-corrected chi connectivity index (χ4v) is 2.44. The van der Waals surface area contributed by atoms with Crippen LogP contribution in [-0.4, -0.2) is 24.2 Å². The van der Waals surface area contributed by atoms with Crippen LogP contribution in [0.25, 0.3) is 10.8 Å². The Hall–Kier alpha value is -1.65. The molecule has 3 N–H and O–H groups in total. The van der Waals surface area contributed by atoms with Gasteiger partial charge in [-0.3, -0.25) is 0 Å². The van der Waals surface area contributed by atoms with Crippen LogP contribution in [0.15, 0.2) is 36.4 Å². The summed E-state index contributed by atoms with van der Waals surface area (Å²) in [6, 6.07) is 12.1. The molecule has 106 valence electrons. The molecule has 0 radical (unpaired) electrons. The third-order valence-electron chi connectivity index (χ3n) is 3.22. The fraction of sp³-hybridized carbons (Fsp3) is 0.312. The van der Waals surface area contributed by atoms with Gasteiger partial charge in [0.05, 0.1) is 6.10 Å². The standard InChI is InChI=1S/C16H20N2OS/c1-3-19-11(2)10-18-15-9-8-14(16(17)20)12-6-4-5-7-13(12)15/h4-9,11,18H,3,10H2,1-2H3,(H2,17,20). The number of fused-ring (bicyclic) bond motifs is 1. The van der Waals surface area contributed by atoms with Crippen molar-refractivity contribution in [2.75, 3.05) is 18.5 Å². The molecule has 0 fully saturated rings. The average molecular weight is 288 g/mol. The molecule has 3 nitrogen and oxygen atoms in total. The monoisotopic (exact) mass is 288 g/mol. The number of nitrogens with one attached hydrogen (secondary N) is 1. The lowest BCUT2D eigenvalue weighted by Crippen LogP contribution is -2.20. The highest BCUT2D eigenvalue weighted by atomic mass is 32.1. The van der Waals surface area contributed by atoms with Crippen molar-refractivity contribution in [1.29, 1.82) is 0 Å². The van der Waals surface area contributed by atoms with Crippen LogP contribution in [0.4, 0.5) is 5.69 Å². The Bertz CT molecular complexity index is 612. The minimum atomic E-state index is 0.175. The molecule has 2 rings (SSSR count). The number of hydrogen-bond acceptors (Lipinski definition) is 3. The molecule has 0 spiro atoms. The van der Waals surface area contributed by atoms with E-state index in [4.69, 9.17) is 22.7 Å². The van der Waals surface area contributed by atoms with Gasteiger partial charge in [-0.05, 0) is 31.4 Å². The van der Waals surface area contributed by atoms with E-state index in [-0.39, 0.29) is 6.10 Å². The number of nitrogens with two attached hydrogens (primary N) is 1. The summed E-state index contributed by atoms with van der Waals surface area (Å²) in [6.45, 7) is 5.55. The number of rotatable bonds is 6. The molecule has 0 saturated carbocycles. The zero-order valence-electron chi connectivity index (χ0n) is 11.8. The fourth-order valence-electron chi connectivity index (χ4n) is 2.27. The highest BCUT2D eigenvalue weighted by molar-refractivity contribution is 7.80. The van der Waals surface area contributed by atoms with E-state index in [1.54, 1.807) is 0 Å². The van der Waals surface area contributed by atoms with Gasteiger partial charge in [-0.1, -0.05) is 36.5 Å². The molecule has 2 aromatic carbocycles. The van der Waals surface area contributed by atoms with E-state index in [0.29, 0.717) is 4.99 Å². The van der Waals surface area contributed by atoms with Crippen molar-refractivity contribution in [3.05, 3.63) is 42.0 Å². The second-order valence-corrected chi connectivity index (χ2v) is 5.16. The van der Waals surface area contributed by atoms with E-state index in [0.717, 1.165) is 35.2 Å². The Morgan fingerprint density at radius 3 is 2.60 bits per heavy atom. The lowest BCUT2D eigenvalue weighted by Gasteiger charge is -2.16. The van der Waals surface area contributed by atoms with Crippen LogP contribution < -0.4 is 11.1 Å². The Morgan fingerprint density at radius 2 is 1.95 bits per heavy atom. The maximum absolute atomic E-state index is 5.78. The van der Waals surface area contributed by atoms with Gasteiger partial charge in [0.1, 0.15) is 4.99 Å². The van der Waals surface area contributed by atoms with Crippen LogP contribution in [-0.2, 0) is 4.74 Å². The molecule has 0 aromatic heterocycles. The molecule has 0 saturated heterocycles. The van der Waals surface area contributed by atoms with Crippen molar-refractivity contribution < 1.29 is 4.74 Å². The Kier molecular flexibility index (Phi) is 4.93. The van der Waals surface area contributed by atoms with Crippen molar-refractivity contribution in [2.45, 2.75) is 20.0 Å². The van der Waals surface area contributed by atoms with Gasteiger partial charge in [0.25, 0.3) is 0 Å². The molecule has 0 bridgehead atoms. The Balaban J connectivity index is 2.31. The van der Waals surface area contributed by atoms with Gasteiger partial charge in [-0.15, -0.1) is 0 Å². The first-order chi connectivity index (χ1) is 9.63. The first-order valence-corrected chi connectivity index (χ1v) is 7.21. The zero-order valence-corrected chi connectivity index (χ0v) is 12.7. The SMILES string of the molecule is CCOC(C)CNc1ccc(C(N)=S)c2ccccc12. The van der Waals surface area contributed by atoms with Crippen LogP contribution in [0.3, 0.4) is 0 Å². The van der Waals surface area contributed by atoms with E-state index in [2.05, 4.69) is 18.3 Å². The minimum Gasteiger partial charge on any atom is -0.389 e. The van der Waals surface area contributed by atoms with E-state index in [1.165, 1.54) is 0 Å². The molecular formula is C16H20N2OS. The van der Waals surface area contributed by atoms with Gasteiger partial charge < -0.3 is 15.8 Å². The summed E-state index contributed by atoms with van der Waals surface area (Å²) >= 11 is 5.11. The first-order valence-electron chi connectivity index (χ1n) is 6.80. The van der Waals surface area contributed by atoms with Crippen LogP contribution in [0.5, 0.6) is 0 Å². The van der Waals surface area contributed by atoms with Gasteiger partial charge in [0.15, 0.2) is 0 Å². The summed E-state index contributed by atoms with van der Waals surface area (Å²) in [5.41, 5.74) is 7.77. The summed E-state index contributed by atoms with van der Waals surface area (Å²) in [7, 11) is 0. The normalized spacial score (nSPS) is 12.3. The third-order valence-corrected chi connectivity index (χ3v) is 3.44. The van der Waals surface area contributed by atoms with Crippen LogP contribution in [0.2, 0.25) is 0 Å². The molecule has 2 aromatic rings. The lowest BCUT2D eigenvalue weighted by atomic mass is 10.0. The second kappa shape index (κ2) is 6.68. The van der Waals surface area contributed by atoms with Crippen molar-refractivity contribution in [3.63, 3.8) is 0 Å². The Labute approximate surface area is 125 Å².